The van der Waals surface area contributed by atoms with Crippen molar-refractivity contribution in [1.82, 2.24) is 0 Å². The van der Waals surface area contributed by atoms with Crippen LogP contribution in [-0.2, 0) is 0 Å². The number of hydrogen-bond acceptors (Lipinski definition) is 3. The maximum absolute atomic E-state index is 11.0. The molecule has 0 atom stereocenters. The monoisotopic (exact) mass is 514 g/mol. The molecule has 0 saturated heterocycles. The van der Waals surface area contributed by atoms with Gasteiger partial charge < -0.3 is 14.5 Å². The molecule has 0 aliphatic heterocycles. The second kappa shape index (κ2) is 8.82. The zero-order valence-corrected chi connectivity index (χ0v) is 21.5. The lowest BCUT2D eigenvalue weighted by Gasteiger charge is -2.21. The highest BCUT2D eigenvalue weighted by atomic mass is 16.4. The molecule has 8 rings (SSSR count). The molecule has 0 aliphatic rings. The van der Waals surface area contributed by atoms with Gasteiger partial charge >= 0.3 is 7.12 Å². The summed E-state index contributed by atoms with van der Waals surface area (Å²) < 4.78 is 6.41. The van der Waals surface area contributed by atoms with Crippen LogP contribution >= 0.6 is 0 Å². The van der Waals surface area contributed by atoms with Crippen LogP contribution in [0.5, 0.6) is 0 Å². The van der Waals surface area contributed by atoms with E-state index >= 15 is 0 Å². The van der Waals surface area contributed by atoms with Gasteiger partial charge in [0.25, 0.3) is 0 Å². The molecule has 0 unspecified atom stereocenters. The lowest BCUT2D eigenvalue weighted by Crippen LogP contribution is -2.32. The van der Waals surface area contributed by atoms with Crippen LogP contribution in [0.3, 0.4) is 0 Å². The number of fused-ring (bicyclic) bond motifs is 7. The minimum absolute atomic E-state index is 0.382. The summed E-state index contributed by atoms with van der Waals surface area (Å²) in [6, 6.07) is 43.3. The van der Waals surface area contributed by atoms with Gasteiger partial charge in [0.2, 0.25) is 0 Å². The Hall–Kier alpha value is -4.90. The summed E-state index contributed by atoms with van der Waals surface area (Å²) >= 11 is 0. The Kier molecular flexibility index (Phi) is 5.08. The zero-order valence-electron chi connectivity index (χ0n) is 21.5. The molecule has 0 spiro atoms. The second-order valence-electron chi connectivity index (χ2n) is 10.2. The first kappa shape index (κ1) is 23.0. The summed E-state index contributed by atoms with van der Waals surface area (Å²) in [6.45, 7) is 0. The molecule has 7 aromatic carbocycles. The average Bonchev–Trinajstić information content (AvgIpc) is 3.39. The molecule has 3 nitrogen and oxygen atoms in total. The summed E-state index contributed by atoms with van der Waals surface area (Å²) in [5, 5.41) is 30.2. The van der Waals surface area contributed by atoms with Crippen molar-refractivity contribution in [2.24, 2.45) is 0 Å². The zero-order chi connectivity index (χ0) is 26.8. The van der Waals surface area contributed by atoms with E-state index in [4.69, 9.17) is 4.42 Å². The van der Waals surface area contributed by atoms with E-state index in [1.54, 1.807) is 0 Å². The maximum atomic E-state index is 11.0. The van der Waals surface area contributed by atoms with Gasteiger partial charge in [-0.2, -0.15) is 0 Å². The molecule has 1 aromatic heterocycles. The SMILES string of the molecule is OB(O)c1c(-c2c3ccccc3c(-c3ccccc3)c3ccccc23)c2ccccc2c2c1oc1ccccc12. The van der Waals surface area contributed by atoms with E-state index < -0.39 is 7.12 Å². The highest BCUT2D eigenvalue weighted by Crippen LogP contribution is 2.46. The molecule has 0 saturated carbocycles. The molecule has 0 radical (unpaired) electrons. The van der Waals surface area contributed by atoms with Crippen LogP contribution in [-0.4, -0.2) is 17.2 Å². The quantitative estimate of drug-likeness (QED) is 0.185. The van der Waals surface area contributed by atoms with Gasteiger partial charge in [0.05, 0.1) is 0 Å². The molecule has 188 valence electrons. The Bertz CT molecular complexity index is 2190. The Morgan fingerprint density at radius 2 is 0.875 bits per heavy atom. The Morgan fingerprint density at radius 3 is 1.45 bits per heavy atom. The third kappa shape index (κ3) is 3.21. The van der Waals surface area contributed by atoms with Gasteiger partial charge in [0.15, 0.2) is 0 Å². The number of rotatable bonds is 3. The van der Waals surface area contributed by atoms with Crippen molar-refractivity contribution in [2.75, 3.05) is 0 Å². The average molecular weight is 514 g/mol. The van der Waals surface area contributed by atoms with Gasteiger partial charge in [-0.25, -0.2) is 0 Å². The predicted molar refractivity (Wildman–Crippen MR) is 167 cm³/mol. The van der Waals surface area contributed by atoms with E-state index in [-0.39, 0.29) is 0 Å². The first-order valence-electron chi connectivity index (χ1n) is 13.4. The normalized spacial score (nSPS) is 11.8. The van der Waals surface area contributed by atoms with Crippen molar-refractivity contribution in [3.63, 3.8) is 0 Å². The van der Waals surface area contributed by atoms with Crippen LogP contribution in [0.2, 0.25) is 0 Å². The molecule has 8 aromatic rings. The predicted octanol–water partition coefficient (Wildman–Crippen LogP) is 8.06. The fourth-order valence-electron chi connectivity index (χ4n) is 6.51. The van der Waals surface area contributed by atoms with Crippen molar-refractivity contribution in [2.45, 2.75) is 0 Å². The van der Waals surface area contributed by atoms with Gasteiger partial charge in [0, 0.05) is 16.2 Å². The van der Waals surface area contributed by atoms with Crippen LogP contribution in [0.25, 0.3) is 76.5 Å². The van der Waals surface area contributed by atoms with Crippen LogP contribution < -0.4 is 5.46 Å². The van der Waals surface area contributed by atoms with Crippen LogP contribution in [0, 0.1) is 0 Å². The molecule has 1 heterocycles. The summed E-state index contributed by atoms with van der Waals surface area (Å²) in [5.74, 6) is 0. The summed E-state index contributed by atoms with van der Waals surface area (Å²) in [6.07, 6.45) is 0. The van der Waals surface area contributed by atoms with E-state index in [1.807, 2.05) is 54.6 Å². The highest BCUT2D eigenvalue weighted by molar-refractivity contribution is 6.65. The largest absolute Gasteiger partial charge is 0.492 e. The third-order valence-corrected chi connectivity index (χ3v) is 8.08. The van der Waals surface area contributed by atoms with Crippen LogP contribution in [0.15, 0.2) is 132 Å². The Balaban J connectivity index is 1.65. The lowest BCUT2D eigenvalue weighted by molar-refractivity contribution is 0.426. The summed E-state index contributed by atoms with van der Waals surface area (Å²) in [7, 11) is -1.74. The summed E-state index contributed by atoms with van der Waals surface area (Å²) in [5.41, 5.74) is 5.66. The number of para-hydroxylation sites is 1. The van der Waals surface area contributed by atoms with Gasteiger partial charge in [-0.1, -0.05) is 121 Å². The van der Waals surface area contributed by atoms with Crippen molar-refractivity contribution >= 4 is 66.8 Å². The van der Waals surface area contributed by atoms with Gasteiger partial charge in [-0.3, -0.25) is 0 Å². The van der Waals surface area contributed by atoms with Crippen molar-refractivity contribution < 1.29 is 14.5 Å². The van der Waals surface area contributed by atoms with Gasteiger partial charge in [0.1, 0.15) is 11.2 Å². The molecule has 0 amide bonds. The van der Waals surface area contributed by atoms with Gasteiger partial charge in [-0.05, 0) is 60.6 Å². The molecule has 0 bridgehead atoms. The molecular formula is C36H23BO3. The van der Waals surface area contributed by atoms with Crippen molar-refractivity contribution in [3.05, 3.63) is 127 Å². The van der Waals surface area contributed by atoms with Gasteiger partial charge in [-0.15, -0.1) is 0 Å². The Labute approximate surface area is 230 Å². The van der Waals surface area contributed by atoms with E-state index in [1.165, 1.54) is 0 Å². The fraction of sp³-hybridized carbons (Fsp3) is 0. The topological polar surface area (TPSA) is 53.6 Å². The van der Waals surface area contributed by atoms with Crippen molar-refractivity contribution in [1.29, 1.82) is 0 Å². The standard InChI is InChI=1S/C36H23BO3/c38-37(39)35-34(28-19-9-8-18-27(28)33-29-20-10-11-21-30(29)40-36(33)35)32-25-16-6-4-14-23(25)31(22-12-2-1-3-13-22)24-15-5-7-17-26(24)32/h1-21,38-39H. The van der Waals surface area contributed by atoms with E-state index in [0.29, 0.717) is 11.0 Å². The maximum Gasteiger partial charge on any atom is 0.492 e. The minimum atomic E-state index is -1.74. The second-order valence-corrected chi connectivity index (χ2v) is 10.2. The number of benzene rings is 7. The molecule has 0 aliphatic carbocycles. The number of furan rings is 1. The molecule has 2 N–H and O–H groups in total. The lowest BCUT2D eigenvalue weighted by atomic mass is 9.71. The minimum Gasteiger partial charge on any atom is -0.456 e. The first-order chi connectivity index (χ1) is 19.7. The Morgan fingerprint density at radius 1 is 0.425 bits per heavy atom. The summed E-state index contributed by atoms with van der Waals surface area (Å²) in [4.78, 5) is 0. The molecule has 4 heteroatoms. The van der Waals surface area contributed by atoms with Crippen LogP contribution in [0.4, 0.5) is 0 Å². The van der Waals surface area contributed by atoms with Crippen LogP contribution in [0.1, 0.15) is 0 Å². The smallest absolute Gasteiger partial charge is 0.456 e. The van der Waals surface area contributed by atoms with E-state index in [0.717, 1.165) is 70.9 Å². The first-order valence-corrected chi connectivity index (χ1v) is 13.4. The molecule has 40 heavy (non-hydrogen) atoms. The fourth-order valence-corrected chi connectivity index (χ4v) is 6.51. The molecule has 0 fully saturated rings. The highest BCUT2D eigenvalue weighted by Gasteiger charge is 2.30. The molecular weight excluding hydrogens is 491 g/mol. The van der Waals surface area contributed by atoms with E-state index in [9.17, 15) is 10.0 Å². The third-order valence-electron chi connectivity index (χ3n) is 8.08. The van der Waals surface area contributed by atoms with E-state index in [2.05, 4.69) is 72.8 Å². The number of hydrogen-bond donors (Lipinski definition) is 2. The van der Waals surface area contributed by atoms with Crippen molar-refractivity contribution in [3.8, 4) is 22.3 Å².